The summed E-state index contributed by atoms with van der Waals surface area (Å²) in [7, 11) is 0. The number of hydrogen-bond acceptors (Lipinski definition) is 1. The third-order valence-corrected chi connectivity index (χ3v) is 4.68. The molecule has 0 bridgehead atoms. The van der Waals surface area contributed by atoms with Crippen molar-refractivity contribution in [3.05, 3.63) is 70.3 Å². The van der Waals surface area contributed by atoms with Gasteiger partial charge in [-0.15, -0.1) is 0 Å². The first-order valence-corrected chi connectivity index (χ1v) is 8.04. The summed E-state index contributed by atoms with van der Waals surface area (Å²) in [6, 6.07) is 17.2. The topological polar surface area (TPSA) is 14.2 Å². The molecule has 0 spiro atoms. The number of rotatable bonds is 2. The normalized spacial score (nSPS) is 17.9. The maximum absolute atomic E-state index is 6.02. The monoisotopic (exact) mass is 341 g/mol. The zero-order valence-electron chi connectivity index (χ0n) is 11.6. The Labute approximate surface area is 132 Å². The van der Waals surface area contributed by atoms with E-state index in [2.05, 4.69) is 75.2 Å². The lowest BCUT2D eigenvalue weighted by Crippen LogP contribution is -2.20. The molecule has 3 aromatic rings. The van der Waals surface area contributed by atoms with E-state index in [1.165, 1.54) is 22.0 Å². The highest BCUT2D eigenvalue weighted by molar-refractivity contribution is 9.10. The molecule has 2 nitrogen and oxygen atoms in total. The lowest BCUT2D eigenvalue weighted by atomic mass is 9.97. The van der Waals surface area contributed by atoms with E-state index in [1.54, 1.807) is 0 Å². The SMILES string of the molecule is Brc1ccc2c(ccn2CC2OCCc3ccccc32)c1. The molecule has 0 amide bonds. The van der Waals surface area contributed by atoms with Crippen LogP contribution in [0.4, 0.5) is 0 Å². The molecule has 1 aliphatic rings. The first-order valence-electron chi connectivity index (χ1n) is 7.25. The molecule has 3 heteroatoms. The van der Waals surface area contributed by atoms with Crippen LogP contribution in [0.15, 0.2) is 59.2 Å². The molecule has 0 fully saturated rings. The van der Waals surface area contributed by atoms with Crippen molar-refractivity contribution >= 4 is 26.8 Å². The Morgan fingerprint density at radius 2 is 2.05 bits per heavy atom. The van der Waals surface area contributed by atoms with E-state index in [1.807, 2.05) is 0 Å². The lowest BCUT2D eigenvalue weighted by Gasteiger charge is -2.26. The number of halogens is 1. The van der Waals surface area contributed by atoms with Gasteiger partial charge in [0.05, 0.1) is 13.2 Å². The molecule has 0 radical (unpaired) electrons. The Hall–Kier alpha value is -1.58. The highest BCUT2D eigenvalue weighted by atomic mass is 79.9. The van der Waals surface area contributed by atoms with E-state index in [0.29, 0.717) is 0 Å². The minimum Gasteiger partial charge on any atom is -0.371 e. The quantitative estimate of drug-likeness (QED) is 0.657. The number of benzene rings is 2. The Bertz CT molecular complexity index is 793. The van der Waals surface area contributed by atoms with Gasteiger partial charge >= 0.3 is 0 Å². The maximum Gasteiger partial charge on any atom is 0.101 e. The van der Waals surface area contributed by atoms with Gasteiger partial charge in [-0.1, -0.05) is 40.2 Å². The molecule has 0 N–H and O–H groups in total. The van der Waals surface area contributed by atoms with Crippen LogP contribution >= 0.6 is 15.9 Å². The average molecular weight is 342 g/mol. The first kappa shape index (κ1) is 13.1. The summed E-state index contributed by atoms with van der Waals surface area (Å²) in [5.74, 6) is 0. The van der Waals surface area contributed by atoms with Gasteiger partial charge in [0.25, 0.3) is 0 Å². The molecule has 21 heavy (non-hydrogen) atoms. The van der Waals surface area contributed by atoms with Crippen LogP contribution in [-0.4, -0.2) is 11.2 Å². The fourth-order valence-corrected chi connectivity index (χ4v) is 3.52. The molecular weight excluding hydrogens is 326 g/mol. The number of hydrogen-bond donors (Lipinski definition) is 0. The Morgan fingerprint density at radius 3 is 3.00 bits per heavy atom. The molecular formula is C18H16BrNO. The summed E-state index contributed by atoms with van der Waals surface area (Å²) in [5, 5.41) is 1.26. The fourth-order valence-electron chi connectivity index (χ4n) is 3.14. The highest BCUT2D eigenvalue weighted by Gasteiger charge is 2.21. The van der Waals surface area contributed by atoms with Crippen LogP contribution in [0.5, 0.6) is 0 Å². The molecule has 2 aromatic carbocycles. The molecule has 4 rings (SSSR count). The lowest BCUT2D eigenvalue weighted by molar-refractivity contribution is 0.0314. The van der Waals surface area contributed by atoms with Gasteiger partial charge in [0.1, 0.15) is 6.10 Å². The van der Waals surface area contributed by atoms with Crippen molar-refractivity contribution in [2.45, 2.75) is 19.1 Å². The van der Waals surface area contributed by atoms with Crippen molar-refractivity contribution in [3.8, 4) is 0 Å². The highest BCUT2D eigenvalue weighted by Crippen LogP contribution is 2.30. The van der Waals surface area contributed by atoms with Crippen LogP contribution < -0.4 is 0 Å². The van der Waals surface area contributed by atoms with Crippen molar-refractivity contribution in [2.75, 3.05) is 6.61 Å². The van der Waals surface area contributed by atoms with Crippen LogP contribution in [-0.2, 0) is 17.7 Å². The molecule has 106 valence electrons. The minimum atomic E-state index is 0.147. The second-order valence-electron chi connectivity index (χ2n) is 5.48. The van der Waals surface area contributed by atoms with E-state index >= 15 is 0 Å². The van der Waals surface area contributed by atoms with Gasteiger partial charge in [-0.3, -0.25) is 0 Å². The Kier molecular flexibility index (Phi) is 3.32. The predicted molar refractivity (Wildman–Crippen MR) is 88.5 cm³/mol. The summed E-state index contributed by atoms with van der Waals surface area (Å²) in [6.07, 6.45) is 3.32. The summed E-state index contributed by atoms with van der Waals surface area (Å²) < 4.78 is 9.42. The van der Waals surface area contributed by atoms with Crippen LogP contribution in [0.25, 0.3) is 10.9 Å². The minimum absolute atomic E-state index is 0.147. The molecule has 0 saturated heterocycles. The third-order valence-electron chi connectivity index (χ3n) is 4.19. The number of aromatic nitrogens is 1. The number of ether oxygens (including phenoxy) is 1. The van der Waals surface area contributed by atoms with Crippen LogP contribution in [0.3, 0.4) is 0 Å². The van der Waals surface area contributed by atoms with Crippen molar-refractivity contribution in [1.82, 2.24) is 4.57 Å². The van der Waals surface area contributed by atoms with E-state index in [4.69, 9.17) is 4.74 Å². The third kappa shape index (κ3) is 2.41. The van der Waals surface area contributed by atoms with Crippen molar-refractivity contribution in [1.29, 1.82) is 0 Å². The number of nitrogens with zero attached hydrogens (tertiary/aromatic N) is 1. The fraction of sp³-hybridized carbons (Fsp3) is 0.222. The van der Waals surface area contributed by atoms with Gasteiger partial charge in [0.15, 0.2) is 0 Å². The van der Waals surface area contributed by atoms with E-state index in [0.717, 1.165) is 24.0 Å². The number of fused-ring (bicyclic) bond motifs is 2. The van der Waals surface area contributed by atoms with Crippen molar-refractivity contribution in [2.24, 2.45) is 0 Å². The summed E-state index contributed by atoms with van der Waals surface area (Å²) in [5.41, 5.74) is 4.01. The Balaban J connectivity index is 1.70. The Morgan fingerprint density at radius 1 is 1.14 bits per heavy atom. The second kappa shape index (κ2) is 5.32. The van der Waals surface area contributed by atoms with Gasteiger partial charge in [-0.2, -0.15) is 0 Å². The smallest absolute Gasteiger partial charge is 0.101 e. The molecule has 1 atom stereocenters. The molecule has 2 heterocycles. The van der Waals surface area contributed by atoms with Crippen molar-refractivity contribution < 1.29 is 4.74 Å². The first-order chi connectivity index (χ1) is 10.3. The van der Waals surface area contributed by atoms with Gasteiger partial charge in [-0.25, -0.2) is 0 Å². The van der Waals surface area contributed by atoms with Crippen molar-refractivity contribution in [3.63, 3.8) is 0 Å². The molecule has 1 aliphatic heterocycles. The van der Waals surface area contributed by atoms with E-state index in [9.17, 15) is 0 Å². The summed E-state index contributed by atoms with van der Waals surface area (Å²) >= 11 is 3.53. The molecule has 0 aliphatic carbocycles. The largest absolute Gasteiger partial charge is 0.371 e. The molecule has 1 aromatic heterocycles. The van der Waals surface area contributed by atoms with Crippen LogP contribution in [0, 0.1) is 0 Å². The van der Waals surface area contributed by atoms with E-state index < -0.39 is 0 Å². The average Bonchev–Trinajstić information content (AvgIpc) is 2.90. The zero-order chi connectivity index (χ0) is 14.2. The van der Waals surface area contributed by atoms with E-state index in [-0.39, 0.29) is 6.10 Å². The molecule has 1 unspecified atom stereocenters. The van der Waals surface area contributed by atoms with Crippen LogP contribution in [0.1, 0.15) is 17.2 Å². The van der Waals surface area contributed by atoms with Gasteiger partial charge in [-0.05, 0) is 41.8 Å². The summed E-state index contributed by atoms with van der Waals surface area (Å²) in [6.45, 7) is 1.68. The maximum atomic E-state index is 6.02. The van der Waals surface area contributed by atoms with Gasteiger partial charge in [0, 0.05) is 21.6 Å². The standard InChI is InChI=1S/C18H16BrNO/c19-15-5-6-17-14(11-15)7-9-20(17)12-18-16-4-2-1-3-13(16)8-10-21-18/h1-7,9,11,18H,8,10,12H2. The van der Waals surface area contributed by atoms with Gasteiger partial charge < -0.3 is 9.30 Å². The van der Waals surface area contributed by atoms with Gasteiger partial charge in [0.2, 0.25) is 0 Å². The van der Waals surface area contributed by atoms with Crippen LogP contribution in [0.2, 0.25) is 0 Å². The molecule has 0 saturated carbocycles. The second-order valence-corrected chi connectivity index (χ2v) is 6.40. The zero-order valence-corrected chi connectivity index (χ0v) is 13.2. The summed E-state index contributed by atoms with van der Waals surface area (Å²) in [4.78, 5) is 0. The predicted octanol–water partition coefficient (Wildman–Crippen LogP) is 4.72.